The quantitative estimate of drug-likeness (QED) is 0.895. The van der Waals surface area contributed by atoms with Crippen molar-refractivity contribution in [1.29, 1.82) is 0 Å². The van der Waals surface area contributed by atoms with Gasteiger partial charge < -0.3 is 14.6 Å². The third kappa shape index (κ3) is 3.82. The van der Waals surface area contributed by atoms with Gasteiger partial charge in [0.2, 0.25) is 0 Å². The van der Waals surface area contributed by atoms with Gasteiger partial charge in [0.25, 0.3) is 11.8 Å². The summed E-state index contributed by atoms with van der Waals surface area (Å²) in [6, 6.07) is 7.13. The van der Waals surface area contributed by atoms with E-state index < -0.39 is 0 Å². The van der Waals surface area contributed by atoms with Crippen molar-refractivity contribution in [2.24, 2.45) is 11.8 Å². The van der Waals surface area contributed by atoms with Crippen LogP contribution in [0.3, 0.4) is 0 Å². The highest BCUT2D eigenvalue weighted by molar-refractivity contribution is 6.06. The van der Waals surface area contributed by atoms with Crippen LogP contribution in [0.2, 0.25) is 0 Å². The lowest BCUT2D eigenvalue weighted by atomic mass is 9.91. The van der Waals surface area contributed by atoms with Crippen molar-refractivity contribution in [1.82, 2.24) is 4.90 Å². The lowest BCUT2D eigenvalue weighted by Gasteiger charge is -2.35. The molecular weight excluding hydrogens is 328 g/mol. The van der Waals surface area contributed by atoms with E-state index >= 15 is 0 Å². The molecule has 1 aromatic carbocycles. The number of furan rings is 1. The van der Waals surface area contributed by atoms with Gasteiger partial charge in [-0.25, -0.2) is 0 Å². The Morgan fingerprint density at radius 1 is 1.12 bits per heavy atom. The largest absolute Gasteiger partial charge is 0.469 e. The fraction of sp³-hybridized carbons (Fsp3) is 0.429. The normalized spacial score (nSPS) is 20.1. The van der Waals surface area contributed by atoms with Crippen molar-refractivity contribution in [3.8, 4) is 0 Å². The van der Waals surface area contributed by atoms with Crippen LogP contribution in [0.15, 0.2) is 34.9 Å². The molecule has 1 aliphatic heterocycles. The highest BCUT2D eigenvalue weighted by atomic mass is 16.3. The van der Waals surface area contributed by atoms with E-state index in [2.05, 4.69) is 19.2 Å². The summed E-state index contributed by atoms with van der Waals surface area (Å²) in [5.74, 6) is 1.39. The minimum Gasteiger partial charge on any atom is -0.469 e. The van der Waals surface area contributed by atoms with Crippen LogP contribution < -0.4 is 5.32 Å². The summed E-state index contributed by atoms with van der Waals surface area (Å²) in [7, 11) is 0. The summed E-state index contributed by atoms with van der Waals surface area (Å²) in [5, 5.41) is 2.90. The van der Waals surface area contributed by atoms with Gasteiger partial charge in [-0.1, -0.05) is 19.9 Å². The number of hydrogen-bond acceptors (Lipinski definition) is 3. The SMILES string of the molecule is Cc1ccc(C(=O)N2C[C@@H](C)C[C@H](C)C2)cc1NC(=O)c1ccoc1C. The Morgan fingerprint density at radius 3 is 2.42 bits per heavy atom. The monoisotopic (exact) mass is 354 g/mol. The van der Waals surface area contributed by atoms with Gasteiger partial charge in [0.15, 0.2) is 0 Å². The summed E-state index contributed by atoms with van der Waals surface area (Å²) in [5.41, 5.74) is 2.67. The number of benzene rings is 1. The van der Waals surface area contributed by atoms with Crippen molar-refractivity contribution in [3.05, 3.63) is 53.0 Å². The van der Waals surface area contributed by atoms with E-state index in [4.69, 9.17) is 4.42 Å². The number of aryl methyl sites for hydroxylation is 2. The molecule has 0 saturated carbocycles. The van der Waals surface area contributed by atoms with Crippen LogP contribution in [0.4, 0.5) is 5.69 Å². The molecule has 0 spiro atoms. The maximum Gasteiger partial charge on any atom is 0.259 e. The molecule has 0 unspecified atom stereocenters. The van der Waals surface area contributed by atoms with Crippen LogP contribution in [0.1, 0.15) is 52.3 Å². The van der Waals surface area contributed by atoms with Crippen LogP contribution >= 0.6 is 0 Å². The van der Waals surface area contributed by atoms with E-state index in [1.165, 1.54) is 6.26 Å². The zero-order valence-corrected chi connectivity index (χ0v) is 15.8. The number of hydrogen-bond donors (Lipinski definition) is 1. The molecule has 3 rings (SSSR count). The van der Waals surface area contributed by atoms with E-state index in [1.54, 1.807) is 19.1 Å². The lowest BCUT2D eigenvalue weighted by molar-refractivity contribution is 0.0623. The number of likely N-dealkylation sites (tertiary alicyclic amines) is 1. The standard InChI is InChI=1S/C21H26N2O3/c1-13-9-14(2)12-23(11-13)21(25)17-6-5-15(3)19(10-17)22-20(24)18-7-8-26-16(18)4/h5-8,10,13-14H,9,11-12H2,1-4H3,(H,22,24)/t13-,14-/m0/s1. The third-order valence-electron chi connectivity index (χ3n) is 4.99. The maximum absolute atomic E-state index is 12.9. The summed E-state index contributed by atoms with van der Waals surface area (Å²) in [6.07, 6.45) is 2.65. The molecule has 2 aromatic rings. The molecule has 2 amide bonds. The fourth-order valence-corrected chi connectivity index (χ4v) is 3.71. The van der Waals surface area contributed by atoms with Gasteiger partial charge in [-0.3, -0.25) is 9.59 Å². The number of anilines is 1. The van der Waals surface area contributed by atoms with Gasteiger partial charge in [-0.15, -0.1) is 0 Å². The smallest absolute Gasteiger partial charge is 0.259 e. The Bertz CT molecular complexity index is 814. The first-order valence-corrected chi connectivity index (χ1v) is 9.10. The molecule has 1 aliphatic rings. The molecular formula is C21H26N2O3. The van der Waals surface area contributed by atoms with Gasteiger partial charge in [-0.2, -0.15) is 0 Å². The number of piperidine rings is 1. The van der Waals surface area contributed by atoms with Gasteiger partial charge in [0.05, 0.1) is 11.8 Å². The molecule has 1 fully saturated rings. The average Bonchev–Trinajstić information content (AvgIpc) is 3.01. The fourth-order valence-electron chi connectivity index (χ4n) is 3.71. The zero-order valence-electron chi connectivity index (χ0n) is 15.8. The number of amides is 2. The van der Waals surface area contributed by atoms with Crippen molar-refractivity contribution in [3.63, 3.8) is 0 Å². The first kappa shape index (κ1) is 18.2. The van der Waals surface area contributed by atoms with Gasteiger partial charge in [0.1, 0.15) is 5.76 Å². The minimum atomic E-state index is -0.232. The molecule has 138 valence electrons. The second-order valence-corrected chi connectivity index (χ2v) is 7.53. The van der Waals surface area contributed by atoms with E-state index in [0.717, 1.165) is 25.1 Å². The predicted molar refractivity (Wildman–Crippen MR) is 101 cm³/mol. The highest BCUT2D eigenvalue weighted by Gasteiger charge is 2.26. The van der Waals surface area contributed by atoms with Crippen LogP contribution in [0, 0.1) is 25.7 Å². The van der Waals surface area contributed by atoms with Crippen molar-refractivity contribution >= 4 is 17.5 Å². The number of carbonyl (C=O) groups is 2. The Kier molecular flexibility index (Phi) is 5.16. The summed E-state index contributed by atoms with van der Waals surface area (Å²) < 4.78 is 5.19. The first-order valence-electron chi connectivity index (χ1n) is 9.10. The van der Waals surface area contributed by atoms with Crippen LogP contribution in [-0.2, 0) is 0 Å². The predicted octanol–water partition coefficient (Wildman–Crippen LogP) is 4.27. The second kappa shape index (κ2) is 7.36. The van der Waals surface area contributed by atoms with E-state index in [0.29, 0.717) is 34.4 Å². The summed E-state index contributed by atoms with van der Waals surface area (Å²) >= 11 is 0. The summed E-state index contributed by atoms with van der Waals surface area (Å²) in [4.78, 5) is 27.3. The van der Waals surface area contributed by atoms with Crippen LogP contribution in [0.25, 0.3) is 0 Å². The number of carbonyl (C=O) groups excluding carboxylic acids is 2. The molecule has 5 heteroatoms. The molecule has 5 nitrogen and oxygen atoms in total. The third-order valence-corrected chi connectivity index (χ3v) is 4.99. The number of nitrogens with one attached hydrogen (secondary N) is 1. The van der Waals surface area contributed by atoms with Gasteiger partial charge in [0, 0.05) is 24.3 Å². The molecule has 1 aromatic heterocycles. The zero-order chi connectivity index (χ0) is 18.8. The van der Waals surface area contributed by atoms with Crippen molar-refractivity contribution in [2.75, 3.05) is 18.4 Å². The second-order valence-electron chi connectivity index (χ2n) is 7.53. The molecule has 2 heterocycles. The van der Waals surface area contributed by atoms with Gasteiger partial charge >= 0.3 is 0 Å². The Hall–Kier alpha value is -2.56. The topological polar surface area (TPSA) is 62.6 Å². The van der Waals surface area contributed by atoms with Crippen molar-refractivity contribution in [2.45, 2.75) is 34.1 Å². The molecule has 0 radical (unpaired) electrons. The number of rotatable bonds is 3. The van der Waals surface area contributed by atoms with Crippen molar-refractivity contribution < 1.29 is 14.0 Å². The molecule has 26 heavy (non-hydrogen) atoms. The average molecular weight is 354 g/mol. The molecule has 0 bridgehead atoms. The molecule has 2 atom stereocenters. The minimum absolute atomic E-state index is 0.0263. The van der Waals surface area contributed by atoms with E-state index in [1.807, 2.05) is 24.0 Å². The summed E-state index contributed by atoms with van der Waals surface area (Å²) in [6.45, 7) is 9.60. The van der Waals surface area contributed by atoms with E-state index in [9.17, 15) is 9.59 Å². The first-order chi connectivity index (χ1) is 12.3. The van der Waals surface area contributed by atoms with E-state index in [-0.39, 0.29) is 11.8 Å². The Labute approximate surface area is 154 Å². The highest BCUT2D eigenvalue weighted by Crippen LogP contribution is 2.25. The molecule has 0 aliphatic carbocycles. The van der Waals surface area contributed by atoms with Crippen LogP contribution in [0.5, 0.6) is 0 Å². The lowest BCUT2D eigenvalue weighted by Crippen LogP contribution is -2.42. The maximum atomic E-state index is 12.9. The molecule has 1 saturated heterocycles. The Balaban J connectivity index is 1.80. The number of nitrogens with zero attached hydrogens (tertiary/aromatic N) is 1. The van der Waals surface area contributed by atoms with Gasteiger partial charge in [-0.05, 0) is 55.9 Å². The Morgan fingerprint density at radius 2 is 1.81 bits per heavy atom. The molecule has 1 N–H and O–H groups in total. The van der Waals surface area contributed by atoms with Crippen LogP contribution in [-0.4, -0.2) is 29.8 Å².